The molecule has 8 heteroatoms. The van der Waals surface area contributed by atoms with Gasteiger partial charge in [0.05, 0.1) is 12.1 Å². The summed E-state index contributed by atoms with van der Waals surface area (Å²) in [5, 5.41) is 8.11. The summed E-state index contributed by atoms with van der Waals surface area (Å²) in [7, 11) is 0. The summed E-state index contributed by atoms with van der Waals surface area (Å²) < 4.78 is 10.8. The highest BCUT2D eigenvalue weighted by Gasteiger charge is 2.45. The molecule has 0 spiro atoms. The molecule has 8 nitrogen and oxygen atoms in total. The van der Waals surface area contributed by atoms with E-state index in [0.29, 0.717) is 18.1 Å². The summed E-state index contributed by atoms with van der Waals surface area (Å²) in [4.78, 5) is 23.8. The summed E-state index contributed by atoms with van der Waals surface area (Å²) in [6.07, 6.45) is 7.57. The van der Waals surface area contributed by atoms with E-state index in [1.54, 1.807) is 12.4 Å². The molecular weight excluding hydrogens is 370 g/mol. The predicted molar refractivity (Wildman–Crippen MR) is 103 cm³/mol. The highest BCUT2D eigenvalue weighted by Crippen LogP contribution is 2.43. The zero-order valence-electron chi connectivity index (χ0n) is 16.5. The lowest BCUT2D eigenvalue weighted by Gasteiger charge is -2.38. The Morgan fingerprint density at radius 1 is 1.10 bits per heavy atom. The maximum Gasteiger partial charge on any atom is 0.230 e. The third kappa shape index (κ3) is 3.22. The topological polar surface area (TPSA) is 98.2 Å². The van der Waals surface area contributed by atoms with E-state index in [4.69, 9.17) is 9.05 Å². The second-order valence-electron chi connectivity index (χ2n) is 8.03. The molecule has 1 amide bonds. The SMILES string of the molecule is Cc1noc(C)c1CC(=O)N1[C@@H]2CC[C@H]1CC(c1nc(-c3ccncc3)no1)C2. The molecule has 2 aliphatic heterocycles. The molecule has 0 saturated carbocycles. The molecule has 29 heavy (non-hydrogen) atoms. The standard InChI is InChI=1S/C21H23N5O3/c1-12-18(13(2)28-24-12)11-19(27)26-16-3-4-17(26)10-15(9-16)21-23-20(25-29-21)14-5-7-22-8-6-14/h5-8,15-17H,3-4,9-11H2,1-2H3/t15?,16-,17+. The van der Waals surface area contributed by atoms with Crippen molar-refractivity contribution in [2.75, 3.05) is 0 Å². The molecule has 2 bridgehead atoms. The minimum absolute atomic E-state index is 0.161. The van der Waals surface area contributed by atoms with Gasteiger partial charge in [-0.3, -0.25) is 9.78 Å². The molecule has 3 aromatic heterocycles. The van der Waals surface area contributed by atoms with Gasteiger partial charge in [0.2, 0.25) is 17.6 Å². The number of carbonyl (C=O) groups excluding carboxylic acids is 1. The van der Waals surface area contributed by atoms with Crippen LogP contribution in [0.2, 0.25) is 0 Å². The lowest BCUT2D eigenvalue weighted by molar-refractivity contribution is -0.135. The maximum absolute atomic E-state index is 13.1. The van der Waals surface area contributed by atoms with Crippen LogP contribution in [-0.2, 0) is 11.2 Å². The maximum atomic E-state index is 13.1. The number of aryl methyl sites for hydroxylation is 2. The van der Waals surface area contributed by atoms with Gasteiger partial charge in [-0.2, -0.15) is 4.98 Å². The Morgan fingerprint density at radius 3 is 2.48 bits per heavy atom. The zero-order chi connectivity index (χ0) is 20.0. The van der Waals surface area contributed by atoms with Crippen LogP contribution in [0.15, 0.2) is 33.6 Å². The number of hydrogen-bond donors (Lipinski definition) is 0. The molecule has 1 unspecified atom stereocenters. The van der Waals surface area contributed by atoms with Crippen molar-refractivity contribution in [1.82, 2.24) is 25.2 Å². The van der Waals surface area contributed by atoms with Gasteiger partial charge in [-0.1, -0.05) is 10.3 Å². The molecule has 0 N–H and O–H groups in total. The van der Waals surface area contributed by atoms with Crippen LogP contribution in [-0.4, -0.2) is 43.2 Å². The fraction of sp³-hybridized carbons (Fsp3) is 0.476. The van der Waals surface area contributed by atoms with Gasteiger partial charge in [-0.25, -0.2) is 0 Å². The van der Waals surface area contributed by atoms with Crippen molar-refractivity contribution >= 4 is 5.91 Å². The molecule has 3 aromatic rings. The highest BCUT2D eigenvalue weighted by atomic mass is 16.5. The average Bonchev–Trinajstić information content (AvgIpc) is 3.41. The molecule has 0 aromatic carbocycles. The molecule has 0 radical (unpaired) electrons. The number of pyridine rings is 1. The Labute approximate surface area is 168 Å². The molecule has 2 saturated heterocycles. The Hall–Kier alpha value is -3.03. The summed E-state index contributed by atoms with van der Waals surface area (Å²) in [5.74, 6) is 2.35. The number of fused-ring (bicyclic) bond motifs is 2. The van der Waals surface area contributed by atoms with Crippen LogP contribution in [0.4, 0.5) is 0 Å². The van der Waals surface area contributed by atoms with Gasteiger partial charge in [-0.05, 0) is 51.7 Å². The predicted octanol–water partition coefficient (Wildman–Crippen LogP) is 3.22. The highest BCUT2D eigenvalue weighted by molar-refractivity contribution is 5.80. The normalized spacial score (nSPS) is 23.5. The second-order valence-corrected chi connectivity index (χ2v) is 8.03. The van der Waals surface area contributed by atoms with Crippen LogP contribution in [0.25, 0.3) is 11.4 Å². The summed E-state index contributed by atoms with van der Waals surface area (Å²) in [6, 6.07) is 4.19. The van der Waals surface area contributed by atoms with Gasteiger partial charge in [0.15, 0.2) is 0 Å². The monoisotopic (exact) mass is 393 g/mol. The fourth-order valence-corrected chi connectivity index (χ4v) is 4.80. The molecule has 2 fully saturated rings. The lowest BCUT2D eigenvalue weighted by Crippen LogP contribution is -2.46. The number of piperidine rings is 1. The number of aromatic nitrogens is 4. The number of amides is 1. The third-order valence-corrected chi connectivity index (χ3v) is 6.26. The third-order valence-electron chi connectivity index (χ3n) is 6.26. The summed E-state index contributed by atoms with van der Waals surface area (Å²) in [5.41, 5.74) is 2.60. The van der Waals surface area contributed by atoms with Crippen molar-refractivity contribution < 1.29 is 13.8 Å². The van der Waals surface area contributed by atoms with E-state index in [1.165, 1.54) is 0 Å². The van der Waals surface area contributed by atoms with E-state index in [0.717, 1.165) is 48.3 Å². The van der Waals surface area contributed by atoms with Crippen molar-refractivity contribution in [3.8, 4) is 11.4 Å². The Bertz CT molecular complexity index is 995. The Balaban J connectivity index is 1.30. The number of carbonyl (C=O) groups is 1. The minimum atomic E-state index is 0.161. The lowest BCUT2D eigenvalue weighted by atomic mass is 9.90. The Kier molecular flexibility index (Phi) is 4.41. The van der Waals surface area contributed by atoms with E-state index >= 15 is 0 Å². The quantitative estimate of drug-likeness (QED) is 0.671. The zero-order valence-corrected chi connectivity index (χ0v) is 16.5. The first-order valence-electron chi connectivity index (χ1n) is 10.1. The summed E-state index contributed by atoms with van der Waals surface area (Å²) >= 11 is 0. The van der Waals surface area contributed by atoms with Crippen LogP contribution in [0.3, 0.4) is 0 Å². The number of nitrogens with zero attached hydrogens (tertiary/aromatic N) is 5. The van der Waals surface area contributed by atoms with Crippen LogP contribution in [0.1, 0.15) is 54.5 Å². The number of rotatable bonds is 4. The molecular formula is C21H23N5O3. The van der Waals surface area contributed by atoms with Crippen molar-refractivity contribution in [3.63, 3.8) is 0 Å². The van der Waals surface area contributed by atoms with Crippen LogP contribution < -0.4 is 0 Å². The van der Waals surface area contributed by atoms with Gasteiger partial charge in [0.25, 0.3) is 0 Å². The average molecular weight is 393 g/mol. The van der Waals surface area contributed by atoms with Crippen molar-refractivity contribution in [2.24, 2.45) is 0 Å². The van der Waals surface area contributed by atoms with Gasteiger partial charge in [-0.15, -0.1) is 0 Å². The van der Waals surface area contributed by atoms with Crippen molar-refractivity contribution in [3.05, 3.63) is 47.4 Å². The second kappa shape index (κ2) is 7.09. The van der Waals surface area contributed by atoms with E-state index < -0.39 is 0 Å². The molecule has 150 valence electrons. The van der Waals surface area contributed by atoms with Crippen LogP contribution >= 0.6 is 0 Å². The van der Waals surface area contributed by atoms with E-state index in [1.807, 2.05) is 26.0 Å². The largest absolute Gasteiger partial charge is 0.361 e. The van der Waals surface area contributed by atoms with E-state index in [2.05, 4.69) is 25.2 Å². The molecule has 5 rings (SSSR count). The van der Waals surface area contributed by atoms with Crippen molar-refractivity contribution in [2.45, 2.75) is 64.0 Å². The van der Waals surface area contributed by atoms with E-state index in [-0.39, 0.29) is 23.9 Å². The molecule has 0 aliphatic carbocycles. The molecule has 2 aliphatic rings. The van der Waals surface area contributed by atoms with Crippen molar-refractivity contribution in [1.29, 1.82) is 0 Å². The first-order valence-corrected chi connectivity index (χ1v) is 10.1. The first kappa shape index (κ1) is 18.0. The van der Waals surface area contributed by atoms with Crippen LogP contribution in [0, 0.1) is 13.8 Å². The minimum Gasteiger partial charge on any atom is -0.361 e. The molecule has 5 heterocycles. The van der Waals surface area contributed by atoms with Gasteiger partial charge < -0.3 is 13.9 Å². The van der Waals surface area contributed by atoms with Gasteiger partial charge in [0, 0.05) is 41.5 Å². The summed E-state index contributed by atoms with van der Waals surface area (Å²) in [6.45, 7) is 3.75. The Morgan fingerprint density at radius 2 is 1.83 bits per heavy atom. The smallest absolute Gasteiger partial charge is 0.230 e. The van der Waals surface area contributed by atoms with Crippen LogP contribution in [0.5, 0.6) is 0 Å². The van der Waals surface area contributed by atoms with Gasteiger partial charge >= 0.3 is 0 Å². The van der Waals surface area contributed by atoms with Gasteiger partial charge in [0.1, 0.15) is 5.76 Å². The molecule has 3 atom stereocenters. The fourth-order valence-electron chi connectivity index (χ4n) is 4.80. The first-order chi connectivity index (χ1) is 14.1. The number of hydrogen-bond acceptors (Lipinski definition) is 7. The van der Waals surface area contributed by atoms with E-state index in [9.17, 15) is 4.79 Å².